The zero-order chi connectivity index (χ0) is 18.5. The quantitative estimate of drug-likeness (QED) is 0.726. The summed E-state index contributed by atoms with van der Waals surface area (Å²) in [5, 5.41) is 3.14. The van der Waals surface area contributed by atoms with Crippen molar-refractivity contribution in [3.63, 3.8) is 0 Å². The van der Waals surface area contributed by atoms with E-state index in [0.717, 1.165) is 12.0 Å². The van der Waals surface area contributed by atoms with Crippen LogP contribution in [0.25, 0.3) is 0 Å². The molecule has 136 valence electrons. The van der Waals surface area contributed by atoms with E-state index in [0.29, 0.717) is 23.1 Å². The molecule has 1 N–H and O–H groups in total. The molecule has 0 radical (unpaired) electrons. The minimum Gasteiger partial charge on any atom is -0.497 e. The van der Waals surface area contributed by atoms with Gasteiger partial charge in [0.1, 0.15) is 5.75 Å². The lowest BCUT2D eigenvalue weighted by Gasteiger charge is -2.19. The van der Waals surface area contributed by atoms with E-state index in [1.165, 1.54) is 0 Å². The Labute approximate surface area is 154 Å². The van der Waals surface area contributed by atoms with Crippen molar-refractivity contribution in [1.82, 2.24) is 5.32 Å². The molecule has 0 saturated heterocycles. The molecule has 2 aromatic rings. The van der Waals surface area contributed by atoms with Gasteiger partial charge in [0.25, 0.3) is 0 Å². The number of nitrogens with one attached hydrogen (secondary N) is 1. The zero-order valence-electron chi connectivity index (χ0n) is 15.3. The number of benzene rings is 2. The van der Waals surface area contributed by atoms with Gasteiger partial charge in [-0.3, -0.25) is 9.59 Å². The maximum Gasteiger partial charge on any atom is 0.220 e. The summed E-state index contributed by atoms with van der Waals surface area (Å²) in [5.41, 5.74) is 1.74. The van der Waals surface area contributed by atoms with Crippen LogP contribution in [-0.4, -0.2) is 18.8 Å². The molecule has 0 aliphatic heterocycles. The number of carbonyl (C=O) groups is 2. The van der Waals surface area contributed by atoms with Gasteiger partial charge in [-0.15, -0.1) is 0 Å². The second-order valence-electron chi connectivity index (χ2n) is 6.98. The van der Waals surface area contributed by atoms with Crippen molar-refractivity contribution in [2.24, 2.45) is 11.8 Å². The fraction of sp³-hybridized carbons (Fsp3) is 0.364. The molecule has 0 aromatic heterocycles. The first-order chi connectivity index (χ1) is 12.6. The minimum atomic E-state index is -0.0696. The Morgan fingerprint density at radius 1 is 1.08 bits per heavy atom. The van der Waals surface area contributed by atoms with Crippen molar-refractivity contribution in [2.45, 2.75) is 32.2 Å². The van der Waals surface area contributed by atoms with E-state index in [9.17, 15) is 9.59 Å². The van der Waals surface area contributed by atoms with E-state index in [1.807, 2.05) is 18.2 Å². The van der Waals surface area contributed by atoms with Crippen LogP contribution < -0.4 is 10.1 Å². The number of methoxy groups -OCH3 is 1. The van der Waals surface area contributed by atoms with Crippen LogP contribution in [0.3, 0.4) is 0 Å². The molecule has 0 bridgehead atoms. The van der Waals surface area contributed by atoms with Gasteiger partial charge < -0.3 is 10.1 Å². The van der Waals surface area contributed by atoms with E-state index >= 15 is 0 Å². The smallest absolute Gasteiger partial charge is 0.220 e. The van der Waals surface area contributed by atoms with Crippen molar-refractivity contribution in [2.75, 3.05) is 7.11 Å². The van der Waals surface area contributed by atoms with Crippen molar-refractivity contribution >= 4 is 11.7 Å². The normalized spacial score (nSPS) is 19.5. The van der Waals surface area contributed by atoms with Gasteiger partial charge in [-0.25, -0.2) is 0 Å². The summed E-state index contributed by atoms with van der Waals surface area (Å²) in [6.45, 7) is 2.21. The lowest BCUT2D eigenvalue weighted by molar-refractivity contribution is -0.122. The largest absolute Gasteiger partial charge is 0.497 e. The number of hydrogen-bond donors (Lipinski definition) is 1. The first kappa shape index (κ1) is 18.2. The lowest BCUT2D eigenvalue weighted by atomic mass is 10.0. The van der Waals surface area contributed by atoms with Crippen molar-refractivity contribution in [1.29, 1.82) is 0 Å². The third kappa shape index (κ3) is 4.51. The fourth-order valence-corrected chi connectivity index (χ4v) is 3.31. The van der Waals surface area contributed by atoms with Gasteiger partial charge >= 0.3 is 0 Å². The lowest BCUT2D eigenvalue weighted by Crippen LogP contribution is -2.30. The predicted octanol–water partition coefficient (Wildman–Crippen LogP) is 4.17. The molecule has 4 nitrogen and oxygen atoms in total. The standard InChI is InChI=1S/C22H25NO3/c1-15-14-19(15)22(17-6-4-3-5-7-17)23-21(25)13-12-20(24)16-8-10-18(26-2)11-9-16/h3-11,15,19,22H,12-14H2,1-2H3,(H,23,25). The predicted molar refractivity (Wildman–Crippen MR) is 101 cm³/mol. The monoisotopic (exact) mass is 351 g/mol. The first-order valence-electron chi connectivity index (χ1n) is 9.10. The Hall–Kier alpha value is -2.62. The van der Waals surface area contributed by atoms with E-state index in [1.54, 1.807) is 31.4 Å². The van der Waals surface area contributed by atoms with Gasteiger partial charge in [-0.2, -0.15) is 0 Å². The highest BCUT2D eigenvalue weighted by molar-refractivity contribution is 5.98. The highest BCUT2D eigenvalue weighted by Gasteiger charge is 2.40. The summed E-state index contributed by atoms with van der Waals surface area (Å²) >= 11 is 0. The summed E-state index contributed by atoms with van der Waals surface area (Å²) < 4.78 is 5.09. The molecule has 3 unspecified atom stereocenters. The Morgan fingerprint density at radius 3 is 2.31 bits per heavy atom. The van der Waals surface area contributed by atoms with Crippen LogP contribution in [0, 0.1) is 11.8 Å². The van der Waals surface area contributed by atoms with E-state index in [2.05, 4.69) is 24.4 Å². The third-order valence-electron chi connectivity index (χ3n) is 5.07. The molecule has 1 amide bonds. The average molecular weight is 351 g/mol. The number of ketones is 1. The molecule has 3 atom stereocenters. The summed E-state index contributed by atoms with van der Waals surface area (Å²) in [7, 11) is 1.59. The van der Waals surface area contributed by atoms with Gasteiger partial charge in [0.15, 0.2) is 5.78 Å². The maximum absolute atomic E-state index is 12.4. The Morgan fingerprint density at radius 2 is 1.73 bits per heavy atom. The second kappa shape index (κ2) is 8.17. The SMILES string of the molecule is COc1ccc(C(=O)CCC(=O)NC(c2ccccc2)C2CC2C)cc1. The van der Waals surface area contributed by atoms with Crippen LogP contribution in [0.5, 0.6) is 5.75 Å². The number of ether oxygens (including phenoxy) is 1. The molecule has 1 aliphatic carbocycles. The molecule has 0 heterocycles. The Kier molecular flexibility index (Phi) is 5.71. The topological polar surface area (TPSA) is 55.4 Å². The van der Waals surface area contributed by atoms with Crippen molar-refractivity contribution in [3.05, 3.63) is 65.7 Å². The molecule has 26 heavy (non-hydrogen) atoms. The van der Waals surface area contributed by atoms with Gasteiger partial charge in [-0.1, -0.05) is 37.3 Å². The van der Waals surface area contributed by atoms with E-state index in [4.69, 9.17) is 4.74 Å². The number of hydrogen-bond acceptors (Lipinski definition) is 3. The van der Waals surface area contributed by atoms with Gasteiger partial charge in [0.2, 0.25) is 5.91 Å². The number of Topliss-reactive ketones (excluding diaryl/α,β-unsaturated/α-hetero) is 1. The summed E-state index contributed by atoms with van der Waals surface area (Å²) in [6.07, 6.45) is 1.54. The zero-order valence-corrected chi connectivity index (χ0v) is 15.3. The molecule has 1 saturated carbocycles. The van der Waals surface area contributed by atoms with E-state index < -0.39 is 0 Å². The molecular weight excluding hydrogens is 326 g/mol. The van der Waals surface area contributed by atoms with Crippen LogP contribution in [0.1, 0.15) is 48.1 Å². The maximum atomic E-state index is 12.4. The molecular formula is C22H25NO3. The third-order valence-corrected chi connectivity index (χ3v) is 5.07. The molecule has 1 fully saturated rings. The van der Waals surface area contributed by atoms with Gasteiger partial charge in [0, 0.05) is 18.4 Å². The van der Waals surface area contributed by atoms with Crippen molar-refractivity contribution in [3.8, 4) is 5.75 Å². The molecule has 0 spiro atoms. The van der Waals surface area contributed by atoms with Crippen LogP contribution >= 0.6 is 0 Å². The highest BCUT2D eigenvalue weighted by atomic mass is 16.5. The second-order valence-corrected chi connectivity index (χ2v) is 6.98. The number of carbonyl (C=O) groups excluding carboxylic acids is 2. The van der Waals surface area contributed by atoms with Gasteiger partial charge in [-0.05, 0) is 48.1 Å². The summed E-state index contributed by atoms with van der Waals surface area (Å²) in [5.74, 6) is 1.72. The highest BCUT2D eigenvalue weighted by Crippen LogP contribution is 2.46. The number of amides is 1. The van der Waals surface area contributed by atoms with Crippen molar-refractivity contribution < 1.29 is 14.3 Å². The molecule has 1 aliphatic rings. The van der Waals surface area contributed by atoms with Gasteiger partial charge in [0.05, 0.1) is 13.2 Å². The Bertz CT molecular complexity index is 755. The van der Waals surface area contributed by atoms with Crippen LogP contribution in [0.15, 0.2) is 54.6 Å². The first-order valence-corrected chi connectivity index (χ1v) is 9.10. The summed E-state index contributed by atoms with van der Waals surface area (Å²) in [6, 6.07) is 17.1. The molecule has 3 rings (SSSR count). The van der Waals surface area contributed by atoms with E-state index in [-0.39, 0.29) is 30.6 Å². The van der Waals surface area contributed by atoms with Crippen LogP contribution in [-0.2, 0) is 4.79 Å². The Balaban J connectivity index is 1.56. The van der Waals surface area contributed by atoms with Crippen LogP contribution in [0.2, 0.25) is 0 Å². The fourth-order valence-electron chi connectivity index (χ4n) is 3.31. The molecule has 4 heteroatoms. The molecule has 2 aromatic carbocycles. The van der Waals surface area contributed by atoms with Crippen LogP contribution in [0.4, 0.5) is 0 Å². The average Bonchev–Trinajstić information content (AvgIpc) is 3.41. The minimum absolute atomic E-state index is 0.0288. The summed E-state index contributed by atoms with van der Waals surface area (Å²) in [4.78, 5) is 24.7. The number of rotatable bonds is 8.